The van der Waals surface area contributed by atoms with E-state index in [1.54, 1.807) is 0 Å². The van der Waals surface area contributed by atoms with Crippen LogP contribution in [0.3, 0.4) is 0 Å². The molecule has 6 aromatic rings. The lowest BCUT2D eigenvalue weighted by atomic mass is 9.65. The summed E-state index contributed by atoms with van der Waals surface area (Å²) in [5, 5.41) is 22.5. The second-order valence-corrected chi connectivity index (χ2v) is 15.8. The maximum atomic E-state index is 8.99. The Morgan fingerprint density at radius 2 is 0.695 bits per heavy atom. The summed E-state index contributed by atoms with van der Waals surface area (Å²) in [6, 6.07) is 44.1. The van der Waals surface area contributed by atoms with Crippen molar-refractivity contribution < 1.29 is 29.2 Å². The molecule has 6 heteroatoms. The van der Waals surface area contributed by atoms with E-state index in [0.717, 1.165) is 97.6 Å². The average Bonchev–Trinajstić information content (AvgIpc) is 3.58. The molecule has 0 unspecified atom stereocenters. The highest BCUT2D eigenvalue weighted by atomic mass is 16.5. The van der Waals surface area contributed by atoms with Gasteiger partial charge >= 0.3 is 0 Å². The van der Waals surface area contributed by atoms with Crippen LogP contribution in [0.15, 0.2) is 121 Å². The van der Waals surface area contributed by atoms with Crippen LogP contribution >= 0.6 is 0 Å². The van der Waals surface area contributed by atoms with E-state index in [4.69, 9.17) is 29.2 Å². The normalized spacial score (nSPS) is 12.8. The first kappa shape index (κ1) is 42.4. The molecule has 7 rings (SSSR count). The Hall–Kier alpha value is -4.72. The number of aliphatic hydroxyl groups is 2. The van der Waals surface area contributed by atoms with E-state index in [1.807, 2.05) is 0 Å². The van der Waals surface area contributed by atoms with E-state index >= 15 is 0 Å². The van der Waals surface area contributed by atoms with Crippen molar-refractivity contribution in [2.45, 2.75) is 82.5 Å². The molecule has 0 aromatic heterocycles. The maximum Gasteiger partial charge on any atom is 0.127 e. The highest BCUT2D eigenvalue weighted by molar-refractivity contribution is 6.00. The van der Waals surface area contributed by atoms with Crippen LogP contribution < -0.4 is 9.47 Å². The number of hydrogen-bond donors (Lipinski definition) is 2. The first-order valence-corrected chi connectivity index (χ1v) is 22.2. The highest BCUT2D eigenvalue weighted by Gasteiger charge is 2.47. The maximum absolute atomic E-state index is 8.99. The molecule has 2 N–H and O–H groups in total. The molecule has 310 valence electrons. The summed E-state index contributed by atoms with van der Waals surface area (Å²) in [6.07, 6.45) is 13.1. The quantitative estimate of drug-likeness (QED) is 0.0532. The van der Waals surface area contributed by atoms with Crippen LogP contribution in [0.2, 0.25) is 0 Å². The third kappa shape index (κ3) is 9.85. The minimum atomic E-state index is -0.619. The molecule has 1 aliphatic rings. The van der Waals surface area contributed by atoms with Gasteiger partial charge in [0.25, 0.3) is 0 Å². The average molecular weight is 795 g/mol. The third-order valence-electron chi connectivity index (χ3n) is 11.9. The van der Waals surface area contributed by atoms with Crippen molar-refractivity contribution >= 4 is 21.5 Å². The summed E-state index contributed by atoms with van der Waals surface area (Å²) >= 11 is 0. The Bertz CT molecular complexity index is 2050. The van der Waals surface area contributed by atoms with Gasteiger partial charge in [-0.05, 0) is 82.0 Å². The smallest absolute Gasteiger partial charge is 0.127 e. The molecule has 0 spiro atoms. The Kier molecular flexibility index (Phi) is 15.8. The molecule has 0 radical (unpaired) electrons. The van der Waals surface area contributed by atoms with Crippen LogP contribution in [0.1, 0.15) is 99.3 Å². The fraction of sp³-hybridized carbons (Fsp3) is 0.396. The SMILES string of the molecule is OCCCCCCCCOCCOc1cccc2c(C3(c4cccc5c(OCCOCCCCCCCCO)cccc45)c4ccccc4-c4ccccc43)cccc12. The van der Waals surface area contributed by atoms with Crippen LogP contribution in [0, 0.1) is 0 Å². The van der Waals surface area contributed by atoms with E-state index in [-0.39, 0.29) is 13.2 Å². The highest BCUT2D eigenvalue weighted by Crippen LogP contribution is 2.58. The van der Waals surface area contributed by atoms with Crippen molar-refractivity contribution in [2.75, 3.05) is 52.9 Å². The zero-order valence-electron chi connectivity index (χ0n) is 34.7. The summed E-state index contributed by atoms with van der Waals surface area (Å²) in [6.45, 7) is 4.12. The van der Waals surface area contributed by atoms with Gasteiger partial charge in [0.05, 0.1) is 18.6 Å². The second kappa shape index (κ2) is 22.0. The van der Waals surface area contributed by atoms with Crippen molar-refractivity contribution in [1.82, 2.24) is 0 Å². The molecule has 0 saturated carbocycles. The predicted molar refractivity (Wildman–Crippen MR) is 241 cm³/mol. The molecule has 0 heterocycles. The fourth-order valence-electron chi connectivity index (χ4n) is 9.10. The summed E-state index contributed by atoms with van der Waals surface area (Å²) < 4.78 is 24.9. The molecule has 0 fully saturated rings. The number of hydrogen-bond acceptors (Lipinski definition) is 6. The number of aliphatic hydroxyl groups excluding tert-OH is 2. The van der Waals surface area contributed by atoms with Gasteiger partial charge in [0.2, 0.25) is 0 Å². The molecule has 0 amide bonds. The van der Waals surface area contributed by atoms with E-state index in [9.17, 15) is 0 Å². The van der Waals surface area contributed by atoms with Gasteiger partial charge in [-0.15, -0.1) is 0 Å². The second-order valence-electron chi connectivity index (χ2n) is 15.8. The molecule has 0 aliphatic heterocycles. The number of ether oxygens (including phenoxy) is 4. The van der Waals surface area contributed by atoms with Crippen LogP contribution in [-0.4, -0.2) is 63.1 Å². The predicted octanol–water partition coefficient (Wildman–Crippen LogP) is 11.8. The van der Waals surface area contributed by atoms with E-state index in [1.165, 1.54) is 59.1 Å². The number of rotatable bonds is 26. The molecule has 6 nitrogen and oxygen atoms in total. The van der Waals surface area contributed by atoms with Crippen molar-refractivity contribution in [3.8, 4) is 22.6 Å². The number of fused-ring (bicyclic) bond motifs is 5. The molecule has 59 heavy (non-hydrogen) atoms. The molecule has 0 saturated heterocycles. The lowest BCUT2D eigenvalue weighted by Crippen LogP contribution is -2.29. The summed E-state index contributed by atoms with van der Waals surface area (Å²) in [5.41, 5.74) is 6.85. The lowest BCUT2D eigenvalue weighted by molar-refractivity contribution is 0.0975. The topological polar surface area (TPSA) is 77.4 Å². The Balaban J connectivity index is 1.15. The van der Waals surface area contributed by atoms with Crippen LogP contribution in [0.4, 0.5) is 0 Å². The van der Waals surface area contributed by atoms with Gasteiger partial charge in [-0.2, -0.15) is 0 Å². The summed E-state index contributed by atoms with van der Waals surface area (Å²) in [5.74, 6) is 1.72. The first-order valence-electron chi connectivity index (χ1n) is 22.2. The van der Waals surface area contributed by atoms with E-state index < -0.39 is 5.41 Å². The fourth-order valence-corrected chi connectivity index (χ4v) is 9.10. The molecule has 1 aliphatic carbocycles. The van der Waals surface area contributed by atoms with Gasteiger partial charge in [-0.1, -0.05) is 161 Å². The van der Waals surface area contributed by atoms with Crippen molar-refractivity contribution in [1.29, 1.82) is 0 Å². The zero-order chi connectivity index (χ0) is 40.5. The first-order chi connectivity index (χ1) is 29.3. The van der Waals surface area contributed by atoms with Gasteiger partial charge in [0.1, 0.15) is 24.7 Å². The number of unbranched alkanes of at least 4 members (excludes halogenated alkanes) is 10. The minimum Gasteiger partial charge on any atom is -0.491 e. The molecule has 0 bridgehead atoms. The lowest BCUT2D eigenvalue weighted by Gasteiger charge is -2.36. The standard InChI is InChI=1S/C53H62O6/c54-33-13-5-1-3-7-15-35-56-37-39-58-51-31-19-23-43-45(51)25-17-29-49(43)53(47-27-11-9-21-41(47)42-22-10-12-28-48(42)53)50-30-18-26-46-44(50)24-20-32-52(46)59-40-38-57-36-16-8-4-2-6-14-34-55/h9-12,17-32,54-55H,1-8,13-16,33-40H2. The summed E-state index contributed by atoms with van der Waals surface area (Å²) in [7, 11) is 0. The summed E-state index contributed by atoms with van der Waals surface area (Å²) in [4.78, 5) is 0. The van der Waals surface area contributed by atoms with Gasteiger partial charge in [-0.3, -0.25) is 0 Å². The van der Waals surface area contributed by atoms with Crippen LogP contribution in [0.5, 0.6) is 11.5 Å². The monoisotopic (exact) mass is 794 g/mol. The van der Waals surface area contributed by atoms with Crippen LogP contribution in [-0.2, 0) is 14.9 Å². The van der Waals surface area contributed by atoms with Gasteiger partial charge < -0.3 is 29.2 Å². The zero-order valence-corrected chi connectivity index (χ0v) is 34.7. The Morgan fingerprint density at radius 1 is 0.322 bits per heavy atom. The van der Waals surface area contributed by atoms with Crippen LogP contribution in [0.25, 0.3) is 32.7 Å². The third-order valence-corrected chi connectivity index (χ3v) is 11.9. The van der Waals surface area contributed by atoms with Crippen molar-refractivity contribution in [3.05, 3.63) is 144 Å². The minimum absolute atomic E-state index is 0.289. The largest absolute Gasteiger partial charge is 0.491 e. The van der Waals surface area contributed by atoms with Gasteiger partial charge in [-0.25, -0.2) is 0 Å². The van der Waals surface area contributed by atoms with Crippen molar-refractivity contribution in [3.63, 3.8) is 0 Å². The number of benzene rings is 6. The van der Waals surface area contributed by atoms with Crippen molar-refractivity contribution in [2.24, 2.45) is 0 Å². The van der Waals surface area contributed by atoms with Gasteiger partial charge in [0.15, 0.2) is 0 Å². The Labute approximate surface area is 351 Å². The molecular formula is C53H62O6. The molecule has 0 atom stereocenters. The van der Waals surface area contributed by atoms with E-state index in [2.05, 4.69) is 121 Å². The molecule has 6 aromatic carbocycles. The Morgan fingerprint density at radius 3 is 1.15 bits per heavy atom. The van der Waals surface area contributed by atoms with Gasteiger partial charge in [0, 0.05) is 37.2 Å². The molecular weight excluding hydrogens is 733 g/mol. The van der Waals surface area contributed by atoms with E-state index in [0.29, 0.717) is 26.4 Å².